The van der Waals surface area contributed by atoms with E-state index in [1.54, 1.807) is 7.11 Å². The molecule has 0 saturated heterocycles. The Bertz CT molecular complexity index is 294. The van der Waals surface area contributed by atoms with Gasteiger partial charge in [0.05, 0.1) is 12.1 Å². The Morgan fingerprint density at radius 2 is 2.21 bits per heavy atom. The van der Waals surface area contributed by atoms with Crippen LogP contribution in [0.5, 0.6) is 0 Å². The van der Waals surface area contributed by atoms with Crippen molar-refractivity contribution < 1.29 is 9.53 Å². The van der Waals surface area contributed by atoms with Crippen molar-refractivity contribution in [3.05, 3.63) is 0 Å². The summed E-state index contributed by atoms with van der Waals surface area (Å²) in [5.41, 5.74) is 4.97. The molecule has 5 heteroatoms. The maximum Gasteiger partial charge on any atom is 0.237 e. The number of likely N-dealkylation sites (N-methyl/N-ethyl adjacent to an activating group) is 1. The van der Waals surface area contributed by atoms with E-state index in [1.807, 2.05) is 6.92 Å². The van der Waals surface area contributed by atoms with Gasteiger partial charge in [-0.3, -0.25) is 4.79 Å². The topological polar surface area (TPSA) is 67.6 Å². The van der Waals surface area contributed by atoms with Gasteiger partial charge in [0, 0.05) is 19.2 Å². The van der Waals surface area contributed by atoms with Crippen LogP contribution >= 0.6 is 0 Å². The number of nitrogens with two attached hydrogens (primary N) is 1. The van der Waals surface area contributed by atoms with Gasteiger partial charge in [-0.15, -0.1) is 0 Å². The molecule has 5 nitrogen and oxygen atoms in total. The molecule has 2 atom stereocenters. The molecule has 0 radical (unpaired) electrons. The van der Waals surface area contributed by atoms with E-state index in [0.717, 1.165) is 38.8 Å². The highest BCUT2D eigenvalue weighted by Crippen LogP contribution is 2.24. The van der Waals surface area contributed by atoms with E-state index in [4.69, 9.17) is 10.5 Å². The minimum Gasteiger partial charge on any atom is -0.383 e. The molecule has 1 fully saturated rings. The van der Waals surface area contributed by atoms with Crippen molar-refractivity contribution in [1.29, 1.82) is 0 Å². The van der Waals surface area contributed by atoms with Gasteiger partial charge in [0.15, 0.2) is 0 Å². The van der Waals surface area contributed by atoms with Gasteiger partial charge in [-0.2, -0.15) is 0 Å². The number of nitrogens with zero attached hydrogens (tertiary/aromatic N) is 1. The second-order valence-corrected chi connectivity index (χ2v) is 6.00. The molecule has 0 aromatic heterocycles. The Morgan fingerprint density at radius 3 is 2.68 bits per heavy atom. The maximum absolute atomic E-state index is 11.6. The quantitative estimate of drug-likeness (QED) is 0.615. The van der Waals surface area contributed by atoms with Crippen molar-refractivity contribution in [3.63, 3.8) is 0 Å². The van der Waals surface area contributed by atoms with E-state index in [0.29, 0.717) is 12.1 Å². The smallest absolute Gasteiger partial charge is 0.237 e. The summed E-state index contributed by atoms with van der Waals surface area (Å²) in [6.45, 7) is 5.73. The van der Waals surface area contributed by atoms with Gasteiger partial charge in [0.1, 0.15) is 0 Å². The van der Waals surface area contributed by atoms with E-state index in [1.165, 1.54) is 0 Å². The third kappa shape index (κ3) is 5.47. The fourth-order valence-electron chi connectivity index (χ4n) is 2.22. The van der Waals surface area contributed by atoms with Crippen LogP contribution < -0.4 is 11.1 Å². The lowest BCUT2D eigenvalue weighted by atomic mass is 9.94. The first-order chi connectivity index (χ1) is 8.89. The monoisotopic (exact) mass is 271 g/mol. The minimum atomic E-state index is -0.563. The Kier molecular flexibility index (Phi) is 6.23. The normalized spacial score (nSPS) is 20.3. The SMILES string of the molecule is COCC(C)N(C)CCCC(C)(NC1CC1)C(N)=O. The fourth-order valence-corrected chi connectivity index (χ4v) is 2.22. The van der Waals surface area contributed by atoms with E-state index in [2.05, 4.69) is 24.2 Å². The number of hydrogen-bond acceptors (Lipinski definition) is 4. The third-order valence-electron chi connectivity index (χ3n) is 3.99. The molecule has 2 unspecified atom stereocenters. The molecule has 1 aliphatic carbocycles. The zero-order chi connectivity index (χ0) is 14.5. The van der Waals surface area contributed by atoms with Gasteiger partial charge >= 0.3 is 0 Å². The summed E-state index contributed by atoms with van der Waals surface area (Å²) in [5, 5.41) is 3.38. The molecule has 0 spiro atoms. The van der Waals surface area contributed by atoms with Gasteiger partial charge in [-0.1, -0.05) is 0 Å². The van der Waals surface area contributed by atoms with Crippen LogP contribution in [0.3, 0.4) is 0 Å². The Labute approximate surface area is 116 Å². The highest BCUT2D eigenvalue weighted by molar-refractivity contribution is 5.84. The second-order valence-electron chi connectivity index (χ2n) is 6.00. The number of rotatable bonds is 10. The van der Waals surface area contributed by atoms with Gasteiger partial charge in [-0.05, 0) is 53.1 Å². The van der Waals surface area contributed by atoms with E-state index < -0.39 is 5.54 Å². The van der Waals surface area contributed by atoms with Crippen molar-refractivity contribution in [2.24, 2.45) is 5.73 Å². The van der Waals surface area contributed by atoms with Crippen LogP contribution in [0.25, 0.3) is 0 Å². The Hall–Kier alpha value is -0.650. The van der Waals surface area contributed by atoms with Crippen LogP contribution in [0, 0.1) is 0 Å². The first kappa shape index (κ1) is 16.4. The molecule has 0 bridgehead atoms. The van der Waals surface area contributed by atoms with Gasteiger partial charge in [0.25, 0.3) is 0 Å². The van der Waals surface area contributed by atoms with Gasteiger partial charge in [-0.25, -0.2) is 0 Å². The molecular formula is C14H29N3O2. The molecule has 0 heterocycles. The number of carbonyl (C=O) groups is 1. The third-order valence-corrected chi connectivity index (χ3v) is 3.99. The molecule has 19 heavy (non-hydrogen) atoms. The molecular weight excluding hydrogens is 242 g/mol. The summed E-state index contributed by atoms with van der Waals surface area (Å²) < 4.78 is 5.14. The highest BCUT2D eigenvalue weighted by Gasteiger charge is 2.36. The minimum absolute atomic E-state index is 0.244. The lowest BCUT2D eigenvalue weighted by molar-refractivity contribution is -0.124. The van der Waals surface area contributed by atoms with Crippen LogP contribution in [0.4, 0.5) is 0 Å². The summed E-state index contributed by atoms with van der Waals surface area (Å²) in [6, 6.07) is 0.879. The van der Waals surface area contributed by atoms with Crippen LogP contribution in [0.15, 0.2) is 0 Å². The van der Waals surface area contributed by atoms with Crippen molar-refractivity contribution in [2.45, 2.75) is 57.2 Å². The number of primary amides is 1. The molecule has 0 aliphatic heterocycles. The summed E-state index contributed by atoms with van der Waals surface area (Å²) in [5.74, 6) is -0.244. The van der Waals surface area contributed by atoms with E-state index in [-0.39, 0.29) is 5.91 Å². The van der Waals surface area contributed by atoms with E-state index in [9.17, 15) is 4.79 Å². The number of ether oxygens (including phenoxy) is 1. The molecule has 1 saturated carbocycles. The summed E-state index contributed by atoms with van der Waals surface area (Å²) in [6.07, 6.45) is 4.05. The van der Waals surface area contributed by atoms with Crippen LogP contribution in [-0.4, -0.2) is 55.7 Å². The van der Waals surface area contributed by atoms with Crippen molar-refractivity contribution in [1.82, 2.24) is 10.2 Å². The average Bonchev–Trinajstić information content (AvgIpc) is 3.12. The average molecular weight is 271 g/mol. The number of nitrogens with one attached hydrogen (secondary N) is 1. The Balaban J connectivity index is 2.33. The largest absolute Gasteiger partial charge is 0.383 e. The van der Waals surface area contributed by atoms with E-state index >= 15 is 0 Å². The first-order valence-electron chi connectivity index (χ1n) is 7.16. The predicted molar refractivity (Wildman–Crippen MR) is 77.0 cm³/mol. The summed E-state index contributed by atoms with van der Waals surface area (Å²) in [7, 11) is 3.80. The molecule has 0 aromatic rings. The lowest BCUT2D eigenvalue weighted by Gasteiger charge is -2.30. The van der Waals surface area contributed by atoms with Crippen LogP contribution in [-0.2, 0) is 9.53 Å². The van der Waals surface area contributed by atoms with Crippen molar-refractivity contribution in [2.75, 3.05) is 27.3 Å². The van der Waals surface area contributed by atoms with Gasteiger partial charge in [0.2, 0.25) is 5.91 Å². The predicted octanol–water partition coefficient (Wildman–Crippen LogP) is 0.729. The van der Waals surface area contributed by atoms with Crippen molar-refractivity contribution >= 4 is 5.91 Å². The number of carbonyl (C=O) groups excluding carboxylic acids is 1. The number of methoxy groups -OCH3 is 1. The zero-order valence-corrected chi connectivity index (χ0v) is 12.7. The van der Waals surface area contributed by atoms with Crippen LogP contribution in [0.1, 0.15) is 39.5 Å². The van der Waals surface area contributed by atoms with Crippen molar-refractivity contribution in [3.8, 4) is 0 Å². The molecule has 3 N–H and O–H groups in total. The molecule has 1 rings (SSSR count). The summed E-state index contributed by atoms with van der Waals surface area (Å²) in [4.78, 5) is 13.9. The standard InChI is InChI=1S/C14H29N3O2/c1-11(10-19-4)17(3)9-5-8-14(2,13(15)18)16-12-6-7-12/h11-12,16H,5-10H2,1-4H3,(H2,15,18). The second kappa shape index (κ2) is 7.22. The highest BCUT2D eigenvalue weighted by atomic mass is 16.5. The summed E-state index contributed by atoms with van der Waals surface area (Å²) >= 11 is 0. The maximum atomic E-state index is 11.6. The lowest BCUT2D eigenvalue weighted by Crippen LogP contribution is -2.54. The fraction of sp³-hybridized carbons (Fsp3) is 0.929. The number of hydrogen-bond donors (Lipinski definition) is 2. The molecule has 1 amide bonds. The number of amides is 1. The zero-order valence-electron chi connectivity index (χ0n) is 12.7. The van der Waals surface area contributed by atoms with Crippen LogP contribution in [0.2, 0.25) is 0 Å². The molecule has 1 aliphatic rings. The molecule has 0 aromatic carbocycles. The first-order valence-corrected chi connectivity index (χ1v) is 7.16. The Morgan fingerprint density at radius 1 is 1.58 bits per heavy atom. The molecule has 112 valence electrons. The van der Waals surface area contributed by atoms with Gasteiger partial charge < -0.3 is 20.7 Å².